The third kappa shape index (κ3) is 4.12. The van der Waals surface area contributed by atoms with Crippen LogP contribution < -0.4 is 0 Å². The normalized spacial score (nSPS) is 18.7. The second-order valence-electron chi connectivity index (χ2n) is 5.87. The molecule has 0 atom stereocenters. The summed E-state index contributed by atoms with van der Waals surface area (Å²) in [5, 5.41) is 0. The average molecular weight is 183 g/mol. The predicted molar refractivity (Wildman–Crippen MR) is 58.9 cm³/mol. The van der Waals surface area contributed by atoms with Gasteiger partial charge in [-0.1, -0.05) is 20.8 Å². The van der Waals surface area contributed by atoms with E-state index >= 15 is 0 Å². The molecule has 1 aliphatic rings. The van der Waals surface area contributed by atoms with Crippen molar-refractivity contribution in [2.75, 3.05) is 6.54 Å². The van der Waals surface area contributed by atoms with Gasteiger partial charge in [0, 0.05) is 12.1 Å². The van der Waals surface area contributed by atoms with Gasteiger partial charge in [-0.25, -0.2) is 0 Å². The summed E-state index contributed by atoms with van der Waals surface area (Å²) >= 11 is 0. The lowest BCUT2D eigenvalue weighted by Crippen LogP contribution is -2.35. The Morgan fingerprint density at radius 3 is 2.08 bits per heavy atom. The highest BCUT2D eigenvalue weighted by Gasteiger charge is 2.30. The summed E-state index contributed by atoms with van der Waals surface area (Å²) in [6.45, 7) is 12.9. The van der Waals surface area contributed by atoms with Crippen LogP contribution in [0.1, 0.15) is 53.9 Å². The van der Waals surface area contributed by atoms with Crippen LogP contribution in [-0.2, 0) is 0 Å². The Hall–Kier alpha value is -0.0400. The maximum atomic E-state index is 2.67. The van der Waals surface area contributed by atoms with Gasteiger partial charge < -0.3 is 0 Å². The van der Waals surface area contributed by atoms with Gasteiger partial charge in [0.2, 0.25) is 0 Å². The Bertz CT molecular complexity index is 149. The van der Waals surface area contributed by atoms with Crippen LogP contribution in [-0.4, -0.2) is 23.5 Å². The fourth-order valence-electron chi connectivity index (χ4n) is 1.73. The predicted octanol–water partition coefficient (Wildman–Crippen LogP) is 3.30. The van der Waals surface area contributed by atoms with Gasteiger partial charge in [0.25, 0.3) is 0 Å². The zero-order valence-electron chi connectivity index (χ0n) is 9.93. The zero-order valence-corrected chi connectivity index (χ0v) is 9.93. The van der Waals surface area contributed by atoms with Crippen LogP contribution in [0.2, 0.25) is 0 Å². The molecule has 0 aromatic carbocycles. The number of hydrogen-bond donors (Lipinski definition) is 0. The molecule has 78 valence electrons. The van der Waals surface area contributed by atoms with Crippen molar-refractivity contribution < 1.29 is 0 Å². The van der Waals surface area contributed by atoms with Crippen LogP contribution >= 0.6 is 0 Å². The van der Waals surface area contributed by atoms with Crippen molar-refractivity contribution >= 4 is 0 Å². The summed E-state index contributed by atoms with van der Waals surface area (Å²) in [5.74, 6) is 0. The van der Waals surface area contributed by atoms with Gasteiger partial charge in [0.15, 0.2) is 0 Å². The Morgan fingerprint density at radius 2 is 1.77 bits per heavy atom. The standard InChI is InChI=1S/C12H25N/c1-10(2)13(11-6-7-11)9-8-12(3,4)5/h10-11H,6-9H2,1-5H3. The summed E-state index contributed by atoms with van der Waals surface area (Å²) in [6, 6.07) is 1.65. The maximum Gasteiger partial charge on any atom is 0.00991 e. The van der Waals surface area contributed by atoms with E-state index in [1.807, 2.05) is 0 Å². The first-order valence-corrected chi connectivity index (χ1v) is 5.66. The van der Waals surface area contributed by atoms with Crippen LogP contribution in [0.15, 0.2) is 0 Å². The van der Waals surface area contributed by atoms with E-state index in [1.54, 1.807) is 0 Å². The molecule has 1 nitrogen and oxygen atoms in total. The number of nitrogens with zero attached hydrogens (tertiary/aromatic N) is 1. The molecular formula is C12H25N. The third-order valence-corrected chi connectivity index (χ3v) is 2.80. The fraction of sp³-hybridized carbons (Fsp3) is 1.00. The van der Waals surface area contributed by atoms with Crippen LogP contribution in [0, 0.1) is 5.41 Å². The molecule has 0 aromatic rings. The lowest BCUT2D eigenvalue weighted by Gasteiger charge is -2.29. The molecule has 0 N–H and O–H groups in total. The molecule has 1 rings (SSSR count). The van der Waals surface area contributed by atoms with Crippen LogP contribution in [0.3, 0.4) is 0 Å². The molecule has 0 amide bonds. The molecule has 0 aliphatic heterocycles. The second kappa shape index (κ2) is 4.00. The summed E-state index contributed by atoms with van der Waals surface area (Å²) in [4.78, 5) is 2.67. The number of rotatable bonds is 4. The molecule has 1 fully saturated rings. The quantitative estimate of drug-likeness (QED) is 0.646. The Kier molecular flexibility index (Phi) is 3.39. The monoisotopic (exact) mass is 183 g/mol. The molecule has 0 unspecified atom stereocenters. The Labute approximate surface area is 83.5 Å². The zero-order chi connectivity index (χ0) is 10.1. The molecule has 0 aromatic heterocycles. The molecule has 0 saturated heterocycles. The van der Waals surface area contributed by atoms with E-state index < -0.39 is 0 Å². The summed E-state index contributed by atoms with van der Waals surface area (Å²) in [5.41, 5.74) is 0.488. The molecule has 13 heavy (non-hydrogen) atoms. The van der Waals surface area contributed by atoms with Crippen molar-refractivity contribution in [1.82, 2.24) is 4.90 Å². The highest BCUT2D eigenvalue weighted by atomic mass is 15.2. The van der Waals surface area contributed by atoms with Gasteiger partial charge in [-0.05, 0) is 45.1 Å². The number of hydrogen-bond acceptors (Lipinski definition) is 1. The van der Waals surface area contributed by atoms with Gasteiger partial charge >= 0.3 is 0 Å². The Morgan fingerprint density at radius 1 is 1.23 bits per heavy atom. The van der Waals surface area contributed by atoms with E-state index in [1.165, 1.54) is 25.8 Å². The first-order chi connectivity index (χ1) is 5.90. The van der Waals surface area contributed by atoms with E-state index in [9.17, 15) is 0 Å². The van der Waals surface area contributed by atoms with Gasteiger partial charge in [0.1, 0.15) is 0 Å². The minimum absolute atomic E-state index is 0.488. The van der Waals surface area contributed by atoms with E-state index in [4.69, 9.17) is 0 Å². The van der Waals surface area contributed by atoms with Gasteiger partial charge in [-0.3, -0.25) is 4.90 Å². The van der Waals surface area contributed by atoms with E-state index in [2.05, 4.69) is 39.5 Å². The van der Waals surface area contributed by atoms with Crippen molar-refractivity contribution in [3.05, 3.63) is 0 Å². The van der Waals surface area contributed by atoms with Gasteiger partial charge in [0.05, 0.1) is 0 Å². The van der Waals surface area contributed by atoms with Crippen molar-refractivity contribution in [2.24, 2.45) is 5.41 Å². The van der Waals surface area contributed by atoms with Gasteiger partial charge in [-0.15, -0.1) is 0 Å². The average Bonchev–Trinajstić information content (AvgIpc) is 2.67. The molecule has 0 radical (unpaired) electrons. The summed E-state index contributed by atoms with van der Waals surface area (Å²) in [6.07, 6.45) is 4.19. The molecule has 0 bridgehead atoms. The molecule has 1 heteroatoms. The van der Waals surface area contributed by atoms with E-state index in [-0.39, 0.29) is 0 Å². The smallest absolute Gasteiger partial charge is 0.00991 e. The second-order valence-corrected chi connectivity index (χ2v) is 5.87. The first kappa shape index (κ1) is 11.0. The molecule has 0 heterocycles. The van der Waals surface area contributed by atoms with E-state index in [0.717, 1.165) is 12.1 Å². The van der Waals surface area contributed by atoms with Crippen LogP contribution in [0.25, 0.3) is 0 Å². The van der Waals surface area contributed by atoms with Crippen molar-refractivity contribution in [2.45, 2.75) is 66.0 Å². The molecule has 1 aliphatic carbocycles. The van der Waals surface area contributed by atoms with Crippen molar-refractivity contribution in [3.63, 3.8) is 0 Å². The minimum atomic E-state index is 0.488. The SMILES string of the molecule is CC(C)N(CCC(C)(C)C)C1CC1. The Balaban J connectivity index is 2.30. The maximum absolute atomic E-state index is 2.67. The summed E-state index contributed by atoms with van der Waals surface area (Å²) in [7, 11) is 0. The van der Waals surface area contributed by atoms with Crippen molar-refractivity contribution in [1.29, 1.82) is 0 Å². The highest BCUT2D eigenvalue weighted by Crippen LogP contribution is 2.30. The fourth-order valence-corrected chi connectivity index (χ4v) is 1.73. The summed E-state index contributed by atoms with van der Waals surface area (Å²) < 4.78 is 0. The lowest BCUT2D eigenvalue weighted by molar-refractivity contribution is 0.180. The van der Waals surface area contributed by atoms with E-state index in [0.29, 0.717) is 5.41 Å². The topological polar surface area (TPSA) is 3.24 Å². The van der Waals surface area contributed by atoms with Crippen LogP contribution in [0.5, 0.6) is 0 Å². The highest BCUT2D eigenvalue weighted by molar-refractivity contribution is 4.86. The minimum Gasteiger partial charge on any atom is -0.298 e. The largest absolute Gasteiger partial charge is 0.298 e. The first-order valence-electron chi connectivity index (χ1n) is 5.66. The molecule has 1 saturated carbocycles. The molecule has 0 spiro atoms. The van der Waals surface area contributed by atoms with Crippen LogP contribution in [0.4, 0.5) is 0 Å². The third-order valence-electron chi connectivity index (χ3n) is 2.80. The van der Waals surface area contributed by atoms with Gasteiger partial charge in [-0.2, -0.15) is 0 Å². The lowest BCUT2D eigenvalue weighted by atomic mass is 9.92. The van der Waals surface area contributed by atoms with Crippen molar-refractivity contribution in [3.8, 4) is 0 Å². The molecular weight excluding hydrogens is 158 g/mol.